The molecular formula is C22H27ClFN6O7P. The highest BCUT2D eigenvalue weighted by Gasteiger charge is 2.58. The van der Waals surface area contributed by atoms with E-state index in [-0.39, 0.29) is 22.7 Å². The second-order valence-electron chi connectivity index (χ2n) is 8.76. The van der Waals surface area contributed by atoms with Gasteiger partial charge in [0.05, 0.1) is 19.0 Å². The highest BCUT2D eigenvalue weighted by molar-refractivity contribution is 7.52. The van der Waals surface area contributed by atoms with Gasteiger partial charge >= 0.3 is 13.7 Å². The molecule has 1 aromatic carbocycles. The fourth-order valence-electron chi connectivity index (χ4n) is 3.65. The Hall–Kier alpha value is -2.87. The van der Waals surface area contributed by atoms with Crippen LogP contribution in [0.2, 0.25) is 0 Å². The van der Waals surface area contributed by atoms with Gasteiger partial charge in [0.2, 0.25) is 0 Å². The number of hydrogen-bond acceptors (Lipinski definition) is 11. The van der Waals surface area contributed by atoms with Gasteiger partial charge in [-0.05, 0) is 32.9 Å². The maximum Gasteiger partial charge on any atom is 0.459 e. The van der Waals surface area contributed by atoms with E-state index in [1.54, 1.807) is 32.0 Å². The Labute approximate surface area is 222 Å². The van der Waals surface area contributed by atoms with Gasteiger partial charge < -0.3 is 24.8 Å². The molecular weight excluding hydrogens is 546 g/mol. The number of para-hydroxylation sites is 1. The van der Waals surface area contributed by atoms with E-state index in [1.165, 1.54) is 25.4 Å². The fraction of sp³-hybridized carbons (Fsp3) is 0.455. The number of nitrogens with two attached hydrogens (primary N) is 1. The van der Waals surface area contributed by atoms with Crippen LogP contribution in [0.25, 0.3) is 11.2 Å². The first-order valence-corrected chi connectivity index (χ1v) is 13.4. The Balaban J connectivity index is 1.54. The van der Waals surface area contributed by atoms with Crippen LogP contribution in [0.5, 0.6) is 5.75 Å². The third-order valence-corrected chi connectivity index (χ3v) is 7.51. The lowest BCUT2D eigenvalue weighted by Gasteiger charge is -2.25. The molecule has 1 saturated heterocycles. The van der Waals surface area contributed by atoms with Crippen LogP contribution in [0.4, 0.5) is 10.2 Å². The van der Waals surface area contributed by atoms with Crippen LogP contribution in [-0.2, 0) is 23.4 Å². The van der Waals surface area contributed by atoms with Crippen LogP contribution in [0, 0.1) is 0 Å². The van der Waals surface area contributed by atoms with Crippen molar-refractivity contribution in [2.75, 3.05) is 12.3 Å². The molecule has 13 nitrogen and oxygen atoms in total. The average Bonchev–Trinajstić information content (AvgIpc) is 3.37. The van der Waals surface area contributed by atoms with Crippen LogP contribution in [0.3, 0.4) is 0 Å². The van der Waals surface area contributed by atoms with E-state index in [4.69, 9.17) is 35.9 Å². The van der Waals surface area contributed by atoms with Gasteiger partial charge in [0.15, 0.2) is 17.7 Å². The number of fused-ring (bicyclic) bond motifs is 1. The molecule has 1 fully saturated rings. The number of halogens is 2. The monoisotopic (exact) mass is 572 g/mol. The zero-order chi connectivity index (χ0) is 27.7. The lowest BCUT2D eigenvalue weighted by molar-refractivity contribution is -0.149. The van der Waals surface area contributed by atoms with Crippen LogP contribution in [0.1, 0.15) is 27.0 Å². The number of nitrogen functional groups attached to an aromatic ring is 1. The third-order valence-electron chi connectivity index (χ3n) is 5.45. The van der Waals surface area contributed by atoms with E-state index in [0.29, 0.717) is 0 Å². The number of ether oxygens (including phenoxy) is 2. The molecule has 4 rings (SSSR count). The molecule has 6 atom stereocenters. The molecule has 4 N–H and O–H groups in total. The molecule has 38 heavy (non-hydrogen) atoms. The number of esters is 1. The number of rotatable bonds is 10. The van der Waals surface area contributed by atoms with Crippen molar-refractivity contribution in [3.8, 4) is 5.75 Å². The number of anilines is 1. The first-order chi connectivity index (χ1) is 17.9. The van der Waals surface area contributed by atoms with Crippen LogP contribution < -0.4 is 15.3 Å². The van der Waals surface area contributed by atoms with E-state index < -0.39 is 56.0 Å². The molecule has 0 amide bonds. The summed E-state index contributed by atoms with van der Waals surface area (Å²) in [6.45, 7) is 4.10. The number of hydrogen-bond donors (Lipinski definition) is 3. The lowest BCUT2D eigenvalue weighted by Crippen LogP contribution is -2.40. The van der Waals surface area contributed by atoms with Gasteiger partial charge in [-0.2, -0.15) is 5.09 Å². The van der Waals surface area contributed by atoms with E-state index in [1.807, 2.05) is 0 Å². The molecule has 0 aliphatic carbocycles. The second-order valence-corrected chi connectivity index (χ2v) is 11.0. The Morgan fingerprint density at radius 2 is 2.03 bits per heavy atom. The van der Waals surface area contributed by atoms with Gasteiger partial charge in [-0.15, -0.1) is 0 Å². The SMILES string of the molecule is CC(C)OC(=O)[C@H](C)N[P@](=O)(OC[C@H]1O[C@@H](n2cnc3c(N)ncnc32)[C@](F)(Cl)[C@@H]1O)Oc1ccccc1. The van der Waals surface area contributed by atoms with Crippen molar-refractivity contribution in [1.82, 2.24) is 24.6 Å². The van der Waals surface area contributed by atoms with Crippen molar-refractivity contribution < 1.29 is 37.4 Å². The fourth-order valence-corrected chi connectivity index (χ4v) is 5.45. The van der Waals surface area contributed by atoms with Crippen molar-refractivity contribution in [1.29, 1.82) is 0 Å². The minimum Gasteiger partial charge on any atom is -0.462 e. The number of benzene rings is 1. The number of aliphatic hydroxyl groups is 1. The van der Waals surface area contributed by atoms with E-state index in [0.717, 1.165) is 10.9 Å². The number of carbonyl (C=O) groups is 1. The largest absolute Gasteiger partial charge is 0.462 e. The smallest absolute Gasteiger partial charge is 0.459 e. The molecule has 3 heterocycles. The van der Waals surface area contributed by atoms with Gasteiger partial charge in [-0.25, -0.2) is 23.9 Å². The topological polar surface area (TPSA) is 173 Å². The third kappa shape index (κ3) is 5.90. The molecule has 2 aromatic heterocycles. The number of aromatic nitrogens is 4. The molecule has 3 aromatic rings. The van der Waals surface area contributed by atoms with Gasteiger partial charge in [0, 0.05) is 0 Å². The summed E-state index contributed by atoms with van der Waals surface area (Å²) in [7, 11) is -4.30. The summed E-state index contributed by atoms with van der Waals surface area (Å²) in [6, 6.07) is 6.94. The Morgan fingerprint density at radius 1 is 1.32 bits per heavy atom. The minimum atomic E-state index is -4.30. The highest BCUT2D eigenvalue weighted by Crippen LogP contribution is 2.49. The summed E-state index contributed by atoms with van der Waals surface area (Å²) < 4.78 is 52.2. The van der Waals surface area contributed by atoms with Crippen molar-refractivity contribution in [2.24, 2.45) is 0 Å². The molecule has 0 saturated carbocycles. The van der Waals surface area contributed by atoms with Crippen LogP contribution >= 0.6 is 19.3 Å². The minimum absolute atomic E-state index is 0.0568. The highest BCUT2D eigenvalue weighted by atomic mass is 35.5. The predicted molar refractivity (Wildman–Crippen MR) is 134 cm³/mol. The lowest BCUT2D eigenvalue weighted by atomic mass is 10.1. The summed E-state index contributed by atoms with van der Waals surface area (Å²) in [6.07, 6.45) is -3.01. The van der Waals surface area contributed by atoms with Crippen molar-refractivity contribution >= 4 is 42.3 Å². The number of nitrogens with one attached hydrogen (secondary N) is 1. The predicted octanol–water partition coefficient (Wildman–Crippen LogP) is 2.70. The van der Waals surface area contributed by atoms with Gasteiger partial charge in [0.1, 0.15) is 35.8 Å². The van der Waals surface area contributed by atoms with Crippen molar-refractivity contribution in [2.45, 2.75) is 56.5 Å². The maximum atomic E-state index is 15.5. The Kier molecular flexibility index (Phi) is 8.21. The second kappa shape index (κ2) is 11.1. The summed E-state index contributed by atoms with van der Waals surface area (Å²) in [5.74, 6) is -0.478. The van der Waals surface area contributed by atoms with Crippen LogP contribution in [-0.4, -0.2) is 66.7 Å². The summed E-state index contributed by atoms with van der Waals surface area (Å²) in [5.41, 5.74) is 6.09. The van der Waals surface area contributed by atoms with Crippen molar-refractivity contribution in [3.63, 3.8) is 0 Å². The zero-order valence-corrected chi connectivity index (χ0v) is 22.3. The normalized spacial score (nSPS) is 25.8. The van der Waals surface area contributed by atoms with Gasteiger partial charge in [-0.3, -0.25) is 13.9 Å². The summed E-state index contributed by atoms with van der Waals surface area (Å²) >= 11 is 6.07. The van der Waals surface area contributed by atoms with Gasteiger partial charge in [-0.1, -0.05) is 29.8 Å². The molecule has 0 unspecified atom stereocenters. The van der Waals surface area contributed by atoms with Gasteiger partial charge in [0.25, 0.3) is 5.13 Å². The zero-order valence-electron chi connectivity index (χ0n) is 20.6. The summed E-state index contributed by atoms with van der Waals surface area (Å²) in [4.78, 5) is 24.2. The molecule has 0 bridgehead atoms. The number of aliphatic hydroxyl groups excluding tert-OH is 1. The molecule has 0 radical (unpaired) electrons. The molecule has 16 heteroatoms. The molecule has 1 aliphatic rings. The van der Waals surface area contributed by atoms with E-state index in [9.17, 15) is 14.5 Å². The first kappa shape index (κ1) is 28.1. The Morgan fingerprint density at radius 3 is 2.71 bits per heavy atom. The van der Waals surface area contributed by atoms with E-state index in [2.05, 4.69) is 20.0 Å². The Bertz CT molecular complexity index is 1330. The molecule has 206 valence electrons. The average molecular weight is 573 g/mol. The number of nitrogens with zero attached hydrogens (tertiary/aromatic N) is 4. The van der Waals surface area contributed by atoms with E-state index >= 15 is 4.39 Å². The van der Waals surface area contributed by atoms with Crippen molar-refractivity contribution in [3.05, 3.63) is 43.0 Å². The maximum absolute atomic E-state index is 15.5. The standard InChI is InChI=1S/C22H27ClFN6O7P/c1-12(2)35-20(32)13(3)29-38(33,37-14-7-5-4-6-8-14)34-9-15-17(31)22(23,24)21(36-15)30-11-28-16-18(25)26-10-27-19(16)30/h4-8,10-13,15,17,21,31H,9H2,1-3H3,(H,29,33)(H2,25,26,27)/t13-,15+,17+,21+,22-,38-/m0/s1. The number of carbonyl (C=O) groups excluding carboxylic acids is 1. The number of alkyl halides is 2. The first-order valence-electron chi connectivity index (χ1n) is 11.5. The summed E-state index contributed by atoms with van der Waals surface area (Å²) in [5, 5.41) is 10.3. The molecule has 1 aliphatic heterocycles. The number of imidazole rings is 1. The van der Waals surface area contributed by atoms with Crippen LogP contribution in [0.15, 0.2) is 43.0 Å². The molecule has 0 spiro atoms. The quantitative estimate of drug-likeness (QED) is 0.184.